The lowest BCUT2D eigenvalue weighted by molar-refractivity contribution is 0.234. The molecule has 0 radical (unpaired) electrons. The van der Waals surface area contributed by atoms with E-state index in [-0.39, 0.29) is 12.1 Å². The van der Waals surface area contributed by atoms with Gasteiger partial charge >= 0.3 is 6.03 Å². The standard InChI is InChI=1S/C16H21N5OS/c1-12-5-9-23-14(12)10-19-16(22)20-13-4-2-8-21(11-13)15-17-6-3-7-18-15/h3,5-7,9,13H,2,4,8,10-11H2,1H3,(H2,19,20,22). The zero-order chi connectivity index (χ0) is 16.1. The van der Waals surface area contributed by atoms with E-state index < -0.39 is 0 Å². The molecule has 6 nitrogen and oxygen atoms in total. The summed E-state index contributed by atoms with van der Waals surface area (Å²) in [6, 6.07) is 3.89. The molecule has 122 valence electrons. The Morgan fingerprint density at radius 1 is 1.43 bits per heavy atom. The lowest BCUT2D eigenvalue weighted by Crippen LogP contribution is -2.50. The van der Waals surface area contributed by atoms with Gasteiger partial charge in [-0.1, -0.05) is 0 Å². The summed E-state index contributed by atoms with van der Waals surface area (Å²) in [6.07, 6.45) is 5.49. The molecule has 3 rings (SSSR count). The quantitative estimate of drug-likeness (QED) is 0.902. The maximum absolute atomic E-state index is 12.1. The Morgan fingerprint density at radius 2 is 2.26 bits per heavy atom. The lowest BCUT2D eigenvalue weighted by Gasteiger charge is -2.33. The Balaban J connectivity index is 1.49. The number of carbonyl (C=O) groups excluding carboxylic acids is 1. The van der Waals surface area contributed by atoms with Crippen LogP contribution >= 0.6 is 11.3 Å². The third kappa shape index (κ3) is 4.19. The number of amides is 2. The number of carbonyl (C=O) groups is 1. The van der Waals surface area contributed by atoms with Crippen LogP contribution in [0.1, 0.15) is 23.3 Å². The predicted octanol–water partition coefficient (Wildman–Crippen LogP) is 2.31. The van der Waals surface area contributed by atoms with Crippen molar-refractivity contribution in [3.05, 3.63) is 40.3 Å². The molecule has 1 atom stereocenters. The first-order chi connectivity index (χ1) is 11.2. The van der Waals surface area contributed by atoms with E-state index in [1.54, 1.807) is 23.7 Å². The first kappa shape index (κ1) is 15.7. The number of rotatable bonds is 4. The molecule has 1 aliphatic rings. The molecule has 2 N–H and O–H groups in total. The fourth-order valence-corrected chi connectivity index (χ4v) is 3.56. The van der Waals surface area contributed by atoms with Gasteiger partial charge in [-0.25, -0.2) is 14.8 Å². The molecular formula is C16H21N5OS. The molecule has 0 bridgehead atoms. The number of nitrogens with zero attached hydrogens (tertiary/aromatic N) is 3. The summed E-state index contributed by atoms with van der Waals surface area (Å²) in [4.78, 5) is 24.0. The third-order valence-electron chi connectivity index (χ3n) is 3.97. The summed E-state index contributed by atoms with van der Waals surface area (Å²) >= 11 is 1.67. The summed E-state index contributed by atoms with van der Waals surface area (Å²) in [5.41, 5.74) is 1.22. The van der Waals surface area contributed by atoms with Crippen LogP contribution in [0.3, 0.4) is 0 Å². The average molecular weight is 331 g/mol. The van der Waals surface area contributed by atoms with Crippen molar-refractivity contribution in [1.29, 1.82) is 0 Å². The van der Waals surface area contributed by atoms with Gasteiger partial charge in [0, 0.05) is 36.4 Å². The summed E-state index contributed by atoms with van der Waals surface area (Å²) < 4.78 is 0. The lowest BCUT2D eigenvalue weighted by atomic mass is 10.1. The minimum atomic E-state index is -0.112. The molecule has 1 aliphatic heterocycles. The zero-order valence-corrected chi connectivity index (χ0v) is 14.0. The largest absolute Gasteiger partial charge is 0.339 e. The Morgan fingerprint density at radius 3 is 3.00 bits per heavy atom. The van der Waals surface area contributed by atoms with Crippen LogP contribution in [-0.4, -0.2) is 35.1 Å². The monoisotopic (exact) mass is 331 g/mol. The van der Waals surface area contributed by atoms with E-state index in [0.717, 1.165) is 31.9 Å². The Hall–Kier alpha value is -2.15. The SMILES string of the molecule is Cc1ccsc1CNC(=O)NC1CCCN(c2ncccn2)C1. The number of nitrogens with one attached hydrogen (secondary N) is 2. The second-order valence-corrected chi connectivity index (χ2v) is 6.69. The van der Waals surface area contributed by atoms with Crippen molar-refractivity contribution in [2.24, 2.45) is 0 Å². The van der Waals surface area contributed by atoms with Gasteiger partial charge in [0.25, 0.3) is 0 Å². The number of hydrogen-bond acceptors (Lipinski definition) is 5. The summed E-state index contributed by atoms with van der Waals surface area (Å²) in [5.74, 6) is 0.730. The number of hydrogen-bond donors (Lipinski definition) is 2. The molecule has 2 aromatic heterocycles. The van der Waals surface area contributed by atoms with Crippen LogP contribution in [0.25, 0.3) is 0 Å². The van der Waals surface area contributed by atoms with Crippen LogP contribution in [0.15, 0.2) is 29.9 Å². The Labute approximate surface area is 140 Å². The minimum Gasteiger partial charge on any atom is -0.339 e. The van der Waals surface area contributed by atoms with Crippen molar-refractivity contribution >= 4 is 23.3 Å². The van der Waals surface area contributed by atoms with Crippen molar-refractivity contribution in [2.75, 3.05) is 18.0 Å². The van der Waals surface area contributed by atoms with Gasteiger partial charge in [0.2, 0.25) is 5.95 Å². The maximum atomic E-state index is 12.1. The molecular weight excluding hydrogens is 310 g/mol. The molecule has 7 heteroatoms. The van der Waals surface area contributed by atoms with Crippen LogP contribution in [-0.2, 0) is 6.54 Å². The van der Waals surface area contributed by atoms with Crippen molar-refractivity contribution in [1.82, 2.24) is 20.6 Å². The molecule has 1 unspecified atom stereocenters. The molecule has 0 spiro atoms. The number of piperidine rings is 1. The van der Waals surface area contributed by atoms with E-state index >= 15 is 0 Å². The third-order valence-corrected chi connectivity index (χ3v) is 4.99. The van der Waals surface area contributed by atoms with Crippen LogP contribution in [0.5, 0.6) is 0 Å². The molecule has 3 heterocycles. The smallest absolute Gasteiger partial charge is 0.315 e. The van der Waals surface area contributed by atoms with Crippen LogP contribution < -0.4 is 15.5 Å². The fourth-order valence-electron chi connectivity index (χ4n) is 2.71. The number of thiophene rings is 1. The van der Waals surface area contributed by atoms with Gasteiger partial charge in [0.1, 0.15) is 0 Å². The fraction of sp³-hybridized carbons (Fsp3) is 0.438. The molecule has 2 aromatic rings. The van der Waals surface area contributed by atoms with Gasteiger partial charge in [0.15, 0.2) is 0 Å². The van der Waals surface area contributed by atoms with E-state index in [1.807, 2.05) is 11.4 Å². The zero-order valence-electron chi connectivity index (χ0n) is 13.2. The van der Waals surface area contributed by atoms with Crippen molar-refractivity contribution in [3.8, 4) is 0 Å². The highest BCUT2D eigenvalue weighted by atomic mass is 32.1. The topological polar surface area (TPSA) is 70.2 Å². The van der Waals surface area contributed by atoms with Gasteiger partial charge in [0.05, 0.1) is 6.54 Å². The second kappa shape index (κ2) is 7.41. The van der Waals surface area contributed by atoms with Gasteiger partial charge in [-0.3, -0.25) is 0 Å². The molecule has 0 aliphatic carbocycles. The first-order valence-corrected chi connectivity index (χ1v) is 8.69. The minimum absolute atomic E-state index is 0.112. The van der Waals surface area contributed by atoms with Crippen molar-refractivity contribution < 1.29 is 4.79 Å². The molecule has 0 aromatic carbocycles. The molecule has 0 saturated carbocycles. The van der Waals surface area contributed by atoms with Crippen LogP contribution in [0, 0.1) is 6.92 Å². The van der Waals surface area contributed by atoms with Gasteiger partial charge in [-0.15, -0.1) is 11.3 Å². The first-order valence-electron chi connectivity index (χ1n) is 7.81. The van der Waals surface area contributed by atoms with E-state index in [4.69, 9.17) is 0 Å². The summed E-state index contributed by atoms with van der Waals surface area (Å²) in [6.45, 7) is 4.31. The van der Waals surface area contributed by atoms with Crippen LogP contribution in [0.2, 0.25) is 0 Å². The number of aromatic nitrogens is 2. The van der Waals surface area contributed by atoms with Crippen molar-refractivity contribution in [3.63, 3.8) is 0 Å². The van der Waals surface area contributed by atoms with E-state index in [0.29, 0.717) is 6.54 Å². The molecule has 2 amide bonds. The molecule has 1 saturated heterocycles. The molecule has 1 fully saturated rings. The normalized spacial score (nSPS) is 17.8. The van der Waals surface area contributed by atoms with Gasteiger partial charge in [-0.2, -0.15) is 0 Å². The second-order valence-electron chi connectivity index (χ2n) is 5.69. The number of anilines is 1. The summed E-state index contributed by atoms with van der Waals surface area (Å²) in [7, 11) is 0. The highest BCUT2D eigenvalue weighted by molar-refractivity contribution is 7.10. The van der Waals surface area contributed by atoms with Gasteiger partial charge in [-0.05, 0) is 42.8 Å². The number of aryl methyl sites for hydroxylation is 1. The summed E-state index contributed by atoms with van der Waals surface area (Å²) in [5, 5.41) is 8.04. The average Bonchev–Trinajstić information content (AvgIpc) is 2.99. The highest BCUT2D eigenvalue weighted by Crippen LogP contribution is 2.16. The van der Waals surface area contributed by atoms with Crippen LogP contribution in [0.4, 0.5) is 10.7 Å². The number of urea groups is 1. The van der Waals surface area contributed by atoms with Crippen molar-refractivity contribution in [2.45, 2.75) is 32.4 Å². The molecule has 23 heavy (non-hydrogen) atoms. The maximum Gasteiger partial charge on any atom is 0.315 e. The van der Waals surface area contributed by atoms with E-state index in [1.165, 1.54) is 10.4 Å². The Kier molecular flexibility index (Phi) is 5.07. The predicted molar refractivity (Wildman–Crippen MR) is 91.7 cm³/mol. The highest BCUT2D eigenvalue weighted by Gasteiger charge is 2.22. The van der Waals surface area contributed by atoms with E-state index in [9.17, 15) is 4.79 Å². The van der Waals surface area contributed by atoms with E-state index in [2.05, 4.69) is 38.5 Å². The Bertz CT molecular complexity index is 645. The van der Waals surface area contributed by atoms with Gasteiger partial charge < -0.3 is 15.5 Å².